The molecular weight excluding hydrogens is 370 g/mol. The summed E-state index contributed by atoms with van der Waals surface area (Å²) < 4.78 is 5.01. The molecule has 1 N–H and O–H groups in total. The van der Waals surface area contributed by atoms with Crippen LogP contribution in [0.2, 0.25) is 0 Å². The van der Waals surface area contributed by atoms with Gasteiger partial charge in [0.1, 0.15) is 0 Å². The highest BCUT2D eigenvalue weighted by atomic mass is 16.5. The number of aryl methyl sites for hydroxylation is 1. The molecule has 0 saturated heterocycles. The molecule has 170 valence electrons. The van der Waals surface area contributed by atoms with Crippen LogP contribution >= 0.6 is 0 Å². The van der Waals surface area contributed by atoms with Gasteiger partial charge in [-0.1, -0.05) is 82.2 Å². The number of carbonyl (C=O) groups is 1. The zero-order valence-corrected chi connectivity index (χ0v) is 19.6. The van der Waals surface area contributed by atoms with E-state index in [1.807, 2.05) is 6.92 Å². The molecule has 30 heavy (non-hydrogen) atoms. The first-order valence-corrected chi connectivity index (χ1v) is 12.4. The number of carbonyl (C=O) groups excluding carboxylic acids is 1. The number of allylic oxidation sites excluding steroid dienone is 2. The van der Waals surface area contributed by atoms with Crippen LogP contribution in [0.5, 0.6) is 0 Å². The summed E-state index contributed by atoms with van der Waals surface area (Å²) in [4.78, 5) is 11.5. The molecule has 0 bridgehead atoms. The molecule has 0 radical (unpaired) electrons. The summed E-state index contributed by atoms with van der Waals surface area (Å²) in [6.07, 6.45) is 21.6. The molecule has 0 unspecified atom stereocenters. The number of rotatable bonds is 19. The van der Waals surface area contributed by atoms with Gasteiger partial charge in [-0.3, -0.25) is 4.79 Å². The Bertz CT molecular complexity index is 568. The van der Waals surface area contributed by atoms with Crippen molar-refractivity contribution in [2.24, 2.45) is 0 Å². The summed E-state index contributed by atoms with van der Waals surface area (Å²) in [6, 6.07) is 8.43. The minimum absolute atomic E-state index is 0.0956. The number of benzene rings is 1. The molecule has 0 aliphatic rings. The highest BCUT2D eigenvalue weighted by Gasteiger charge is 2.05. The Hall–Kier alpha value is -1.77. The number of hydrogen-bond acceptors (Lipinski definition) is 3. The first-order valence-electron chi connectivity index (χ1n) is 12.4. The second-order valence-electron chi connectivity index (χ2n) is 8.12. The van der Waals surface area contributed by atoms with Crippen LogP contribution in [0, 0.1) is 0 Å². The van der Waals surface area contributed by atoms with Gasteiger partial charge in [-0.25, -0.2) is 0 Å². The van der Waals surface area contributed by atoms with Gasteiger partial charge in [-0.15, -0.1) is 0 Å². The van der Waals surface area contributed by atoms with Crippen molar-refractivity contribution in [1.29, 1.82) is 0 Å². The molecule has 0 aliphatic heterocycles. The van der Waals surface area contributed by atoms with Gasteiger partial charge in [0, 0.05) is 18.7 Å². The smallest absolute Gasteiger partial charge is 0.305 e. The van der Waals surface area contributed by atoms with Crippen LogP contribution in [0.15, 0.2) is 36.4 Å². The molecule has 0 saturated carbocycles. The third kappa shape index (κ3) is 14.3. The zero-order chi connectivity index (χ0) is 21.7. The second kappa shape index (κ2) is 19.2. The Kier molecular flexibility index (Phi) is 16.8. The van der Waals surface area contributed by atoms with Gasteiger partial charge in [0.15, 0.2) is 0 Å². The van der Waals surface area contributed by atoms with Crippen molar-refractivity contribution >= 4 is 11.7 Å². The van der Waals surface area contributed by atoms with Crippen LogP contribution in [0.4, 0.5) is 5.69 Å². The molecule has 0 fully saturated rings. The van der Waals surface area contributed by atoms with Crippen LogP contribution in [0.1, 0.15) is 103 Å². The van der Waals surface area contributed by atoms with Crippen LogP contribution in [0.3, 0.4) is 0 Å². The summed E-state index contributed by atoms with van der Waals surface area (Å²) in [7, 11) is 0. The Labute approximate surface area is 185 Å². The fourth-order valence-electron chi connectivity index (χ4n) is 3.64. The molecular formula is C27H45NO2. The molecule has 0 aliphatic carbocycles. The van der Waals surface area contributed by atoms with Crippen molar-refractivity contribution in [3.05, 3.63) is 42.0 Å². The maximum atomic E-state index is 11.5. The van der Waals surface area contributed by atoms with Gasteiger partial charge in [-0.05, 0) is 57.1 Å². The van der Waals surface area contributed by atoms with Crippen molar-refractivity contribution in [2.45, 2.75) is 104 Å². The molecule has 0 aromatic heterocycles. The second-order valence-corrected chi connectivity index (χ2v) is 8.12. The van der Waals surface area contributed by atoms with Crippen molar-refractivity contribution < 1.29 is 9.53 Å². The number of anilines is 1. The summed E-state index contributed by atoms with van der Waals surface area (Å²) >= 11 is 0. The van der Waals surface area contributed by atoms with Crippen LogP contribution < -0.4 is 5.32 Å². The van der Waals surface area contributed by atoms with Gasteiger partial charge < -0.3 is 10.1 Å². The SMILES string of the molecule is CCCCCCCCCCC=CCCCNc1ccccc1CCCC(=O)OCC. The molecule has 3 nitrogen and oxygen atoms in total. The first-order chi connectivity index (χ1) is 14.8. The summed E-state index contributed by atoms with van der Waals surface area (Å²) in [5, 5.41) is 3.57. The maximum absolute atomic E-state index is 11.5. The van der Waals surface area contributed by atoms with Crippen LogP contribution in [0.25, 0.3) is 0 Å². The predicted octanol–water partition coefficient (Wildman–Crippen LogP) is 7.85. The number of esters is 1. The molecule has 0 amide bonds. The quantitative estimate of drug-likeness (QED) is 0.142. The minimum Gasteiger partial charge on any atom is -0.466 e. The van der Waals surface area contributed by atoms with E-state index in [-0.39, 0.29) is 5.97 Å². The number of nitrogens with one attached hydrogen (secondary N) is 1. The topological polar surface area (TPSA) is 38.3 Å². The summed E-state index contributed by atoms with van der Waals surface area (Å²) in [5.41, 5.74) is 2.48. The van der Waals surface area contributed by atoms with Crippen LogP contribution in [-0.2, 0) is 16.0 Å². The summed E-state index contributed by atoms with van der Waals surface area (Å²) in [6.45, 7) is 5.57. The van der Waals surface area contributed by atoms with Gasteiger partial charge in [0.05, 0.1) is 6.61 Å². The van der Waals surface area contributed by atoms with E-state index in [2.05, 4.69) is 48.7 Å². The third-order valence-corrected chi connectivity index (χ3v) is 5.40. The Balaban J connectivity index is 2.07. The molecule has 0 atom stereocenters. The van der Waals surface area contributed by atoms with E-state index in [4.69, 9.17) is 4.74 Å². The number of hydrogen-bond donors (Lipinski definition) is 1. The monoisotopic (exact) mass is 415 g/mol. The standard InChI is InChI=1S/C27H45NO2/c1-3-5-6-7-8-9-10-11-12-13-14-15-18-24-28-26-22-17-16-20-25(26)21-19-23-27(29)30-4-2/h13-14,16-17,20,22,28H,3-12,15,18-19,21,23-24H2,1-2H3. The molecule has 3 heteroatoms. The molecule has 1 aromatic rings. The van der Waals surface area contributed by atoms with E-state index < -0.39 is 0 Å². The van der Waals surface area contributed by atoms with Gasteiger partial charge in [0.2, 0.25) is 0 Å². The zero-order valence-electron chi connectivity index (χ0n) is 19.6. The normalized spacial score (nSPS) is 11.1. The van der Waals surface area contributed by atoms with Crippen molar-refractivity contribution in [3.8, 4) is 0 Å². The highest BCUT2D eigenvalue weighted by molar-refractivity contribution is 5.69. The van der Waals surface area contributed by atoms with Gasteiger partial charge in [0.25, 0.3) is 0 Å². The van der Waals surface area contributed by atoms with Crippen LogP contribution in [-0.4, -0.2) is 19.1 Å². The Morgan fingerprint density at radius 3 is 2.27 bits per heavy atom. The van der Waals surface area contributed by atoms with Crippen molar-refractivity contribution in [2.75, 3.05) is 18.5 Å². The van der Waals surface area contributed by atoms with E-state index in [1.165, 1.54) is 69.0 Å². The van der Waals surface area contributed by atoms with Gasteiger partial charge >= 0.3 is 5.97 Å². The number of ether oxygens (including phenoxy) is 1. The molecule has 1 rings (SSSR count). The average molecular weight is 416 g/mol. The lowest BCUT2D eigenvalue weighted by Gasteiger charge is -2.11. The van der Waals surface area contributed by atoms with E-state index in [0.717, 1.165) is 32.2 Å². The summed E-state index contributed by atoms with van der Waals surface area (Å²) in [5.74, 6) is -0.0956. The van der Waals surface area contributed by atoms with Gasteiger partial charge in [-0.2, -0.15) is 0 Å². The predicted molar refractivity (Wildman–Crippen MR) is 130 cm³/mol. The minimum atomic E-state index is -0.0956. The fourth-order valence-corrected chi connectivity index (χ4v) is 3.64. The highest BCUT2D eigenvalue weighted by Crippen LogP contribution is 2.18. The lowest BCUT2D eigenvalue weighted by Crippen LogP contribution is -2.06. The maximum Gasteiger partial charge on any atom is 0.305 e. The number of unbranched alkanes of at least 4 members (excludes halogenated alkanes) is 9. The number of para-hydroxylation sites is 1. The Morgan fingerprint density at radius 1 is 0.867 bits per heavy atom. The molecule has 0 heterocycles. The lowest BCUT2D eigenvalue weighted by atomic mass is 10.1. The van der Waals surface area contributed by atoms with E-state index in [0.29, 0.717) is 13.0 Å². The van der Waals surface area contributed by atoms with Crippen molar-refractivity contribution in [1.82, 2.24) is 0 Å². The van der Waals surface area contributed by atoms with E-state index >= 15 is 0 Å². The average Bonchev–Trinajstić information content (AvgIpc) is 2.75. The molecule has 0 spiro atoms. The van der Waals surface area contributed by atoms with E-state index in [1.54, 1.807) is 0 Å². The Morgan fingerprint density at radius 2 is 1.53 bits per heavy atom. The molecule has 1 aromatic carbocycles. The van der Waals surface area contributed by atoms with E-state index in [9.17, 15) is 4.79 Å². The van der Waals surface area contributed by atoms with Crippen molar-refractivity contribution in [3.63, 3.8) is 0 Å². The third-order valence-electron chi connectivity index (χ3n) is 5.40. The lowest BCUT2D eigenvalue weighted by molar-refractivity contribution is -0.143. The first kappa shape index (κ1) is 26.3. The largest absolute Gasteiger partial charge is 0.466 e. The fraction of sp³-hybridized carbons (Fsp3) is 0.667.